The van der Waals surface area contributed by atoms with Crippen LogP contribution < -0.4 is 10.9 Å². The normalized spacial score (nSPS) is 13.4. The van der Waals surface area contributed by atoms with Crippen LogP contribution in [0.2, 0.25) is 0 Å². The Morgan fingerprint density at radius 3 is 2.87 bits per heavy atom. The van der Waals surface area contributed by atoms with Crippen LogP contribution in [0.4, 0.5) is 0 Å². The van der Waals surface area contributed by atoms with Gasteiger partial charge in [0.05, 0.1) is 17.8 Å². The van der Waals surface area contributed by atoms with Crippen molar-refractivity contribution in [1.82, 2.24) is 15.1 Å². The van der Waals surface area contributed by atoms with Crippen LogP contribution >= 0.6 is 22.6 Å². The van der Waals surface area contributed by atoms with Gasteiger partial charge in [0, 0.05) is 16.2 Å². The molecule has 5 nitrogen and oxygen atoms in total. The molecule has 1 heterocycles. The van der Waals surface area contributed by atoms with E-state index >= 15 is 0 Å². The summed E-state index contributed by atoms with van der Waals surface area (Å²) in [5.74, 6) is -0.124. The lowest BCUT2D eigenvalue weighted by Crippen LogP contribution is -2.33. The number of hydrogen-bond donors (Lipinski definition) is 1. The van der Waals surface area contributed by atoms with Gasteiger partial charge in [0.25, 0.3) is 11.5 Å². The number of halogens is 1. The van der Waals surface area contributed by atoms with Gasteiger partial charge in [-0.3, -0.25) is 9.59 Å². The molecule has 0 aliphatic heterocycles. The van der Waals surface area contributed by atoms with E-state index in [9.17, 15) is 9.59 Å². The molecular formula is C17H18IN3O2. The second-order valence-electron chi connectivity index (χ2n) is 5.62. The number of carbonyl (C=O) groups excluding carboxylic acids is 1. The summed E-state index contributed by atoms with van der Waals surface area (Å²) in [6.07, 6.45) is 4.14. The van der Waals surface area contributed by atoms with Gasteiger partial charge in [-0.15, -0.1) is 0 Å². The minimum Gasteiger partial charge on any atom is -0.350 e. The zero-order valence-electron chi connectivity index (χ0n) is 12.7. The van der Waals surface area contributed by atoms with Gasteiger partial charge < -0.3 is 5.32 Å². The largest absolute Gasteiger partial charge is 0.350 e. The lowest BCUT2D eigenvalue weighted by atomic mass is 9.97. The average molecular weight is 423 g/mol. The summed E-state index contributed by atoms with van der Waals surface area (Å²) < 4.78 is 2.37. The third-order valence-corrected chi connectivity index (χ3v) is 4.94. The highest BCUT2D eigenvalue weighted by molar-refractivity contribution is 14.1. The SMILES string of the molecule is O=C(NCCn1nc2c(cc1=O)CCCC2)c1ccccc1I. The van der Waals surface area contributed by atoms with Crippen LogP contribution in [0.25, 0.3) is 0 Å². The lowest BCUT2D eigenvalue weighted by Gasteiger charge is -2.16. The number of fused-ring (bicyclic) bond motifs is 1. The summed E-state index contributed by atoms with van der Waals surface area (Å²) in [7, 11) is 0. The molecule has 0 spiro atoms. The number of carbonyl (C=O) groups is 1. The maximum atomic E-state index is 12.1. The molecule has 0 radical (unpaired) electrons. The summed E-state index contributed by atoms with van der Waals surface area (Å²) in [5, 5.41) is 7.30. The fourth-order valence-electron chi connectivity index (χ4n) is 2.78. The first-order chi connectivity index (χ1) is 11.1. The second-order valence-corrected chi connectivity index (χ2v) is 6.78. The molecule has 1 aliphatic rings. The van der Waals surface area contributed by atoms with E-state index in [2.05, 4.69) is 33.0 Å². The Morgan fingerprint density at radius 1 is 1.26 bits per heavy atom. The summed E-state index contributed by atoms with van der Waals surface area (Å²) in [5.41, 5.74) is 2.67. The molecule has 1 amide bonds. The van der Waals surface area contributed by atoms with Gasteiger partial charge >= 0.3 is 0 Å². The third-order valence-electron chi connectivity index (χ3n) is 4.00. The number of rotatable bonds is 4. The fourth-order valence-corrected chi connectivity index (χ4v) is 3.41. The van der Waals surface area contributed by atoms with Gasteiger partial charge in [-0.25, -0.2) is 4.68 Å². The van der Waals surface area contributed by atoms with E-state index in [1.54, 1.807) is 12.1 Å². The van der Waals surface area contributed by atoms with Crippen molar-refractivity contribution in [3.63, 3.8) is 0 Å². The number of aromatic nitrogens is 2. The van der Waals surface area contributed by atoms with E-state index < -0.39 is 0 Å². The Balaban J connectivity index is 1.64. The van der Waals surface area contributed by atoms with Gasteiger partial charge in [0.15, 0.2) is 0 Å². The number of benzene rings is 1. The number of aryl methyl sites for hydroxylation is 2. The molecule has 1 aromatic carbocycles. The Bertz CT molecular complexity index is 786. The van der Waals surface area contributed by atoms with Crippen LogP contribution in [0.15, 0.2) is 35.1 Å². The van der Waals surface area contributed by atoms with Crippen LogP contribution in [0.1, 0.15) is 34.5 Å². The van der Waals surface area contributed by atoms with E-state index in [0.717, 1.165) is 40.5 Å². The maximum Gasteiger partial charge on any atom is 0.267 e. The highest BCUT2D eigenvalue weighted by Gasteiger charge is 2.13. The summed E-state index contributed by atoms with van der Waals surface area (Å²) in [6, 6.07) is 9.12. The van der Waals surface area contributed by atoms with Gasteiger partial charge in [0.1, 0.15) is 0 Å². The second kappa shape index (κ2) is 7.25. The third kappa shape index (κ3) is 3.80. The first kappa shape index (κ1) is 16.2. The van der Waals surface area contributed by atoms with Crippen LogP contribution in [0, 0.1) is 3.57 Å². The van der Waals surface area contributed by atoms with Crippen LogP contribution in [0.3, 0.4) is 0 Å². The molecule has 1 aromatic heterocycles. The van der Waals surface area contributed by atoms with Crippen molar-refractivity contribution in [3.8, 4) is 0 Å². The molecule has 0 unspecified atom stereocenters. The molecule has 0 saturated carbocycles. The molecule has 0 fully saturated rings. The molecule has 120 valence electrons. The molecule has 6 heteroatoms. The zero-order valence-corrected chi connectivity index (χ0v) is 14.9. The van der Waals surface area contributed by atoms with Gasteiger partial charge in [-0.1, -0.05) is 12.1 Å². The number of nitrogens with one attached hydrogen (secondary N) is 1. The smallest absolute Gasteiger partial charge is 0.267 e. The standard InChI is InChI=1S/C17H18IN3O2/c18-14-7-3-2-6-13(14)17(23)19-9-10-21-16(22)11-12-5-1-4-8-15(12)20-21/h2-3,6-7,11H,1,4-5,8-10H2,(H,19,23). The lowest BCUT2D eigenvalue weighted by molar-refractivity contribution is 0.0951. The van der Waals surface area contributed by atoms with Crippen LogP contribution in [-0.4, -0.2) is 22.2 Å². The van der Waals surface area contributed by atoms with Crippen molar-refractivity contribution < 1.29 is 4.79 Å². The van der Waals surface area contributed by atoms with Crippen molar-refractivity contribution in [2.45, 2.75) is 32.2 Å². The van der Waals surface area contributed by atoms with Crippen molar-refractivity contribution in [2.75, 3.05) is 6.54 Å². The predicted octanol–water partition coefficient (Wildman–Crippen LogP) is 2.16. The average Bonchev–Trinajstić information content (AvgIpc) is 2.55. The minimum absolute atomic E-state index is 0.0887. The monoisotopic (exact) mass is 423 g/mol. The van der Waals surface area contributed by atoms with E-state index in [1.165, 1.54) is 4.68 Å². The van der Waals surface area contributed by atoms with Crippen molar-refractivity contribution in [2.24, 2.45) is 0 Å². The van der Waals surface area contributed by atoms with Crippen molar-refractivity contribution in [1.29, 1.82) is 0 Å². The number of hydrogen-bond acceptors (Lipinski definition) is 3. The highest BCUT2D eigenvalue weighted by atomic mass is 127. The predicted molar refractivity (Wildman–Crippen MR) is 96.6 cm³/mol. The minimum atomic E-state index is -0.124. The Kier molecular flexibility index (Phi) is 5.09. The summed E-state index contributed by atoms with van der Waals surface area (Å²) in [4.78, 5) is 24.2. The van der Waals surface area contributed by atoms with E-state index in [-0.39, 0.29) is 11.5 Å². The topological polar surface area (TPSA) is 64.0 Å². The van der Waals surface area contributed by atoms with Crippen molar-refractivity contribution in [3.05, 3.63) is 61.1 Å². The maximum absolute atomic E-state index is 12.1. The Hall–Kier alpha value is -1.70. The quantitative estimate of drug-likeness (QED) is 0.767. The van der Waals surface area contributed by atoms with E-state index in [1.807, 2.05) is 18.2 Å². The molecule has 3 rings (SSSR count). The highest BCUT2D eigenvalue weighted by Crippen LogP contribution is 2.16. The molecular weight excluding hydrogens is 405 g/mol. The van der Waals surface area contributed by atoms with E-state index in [0.29, 0.717) is 18.7 Å². The zero-order chi connectivity index (χ0) is 16.2. The molecule has 0 saturated heterocycles. The molecule has 0 atom stereocenters. The van der Waals surface area contributed by atoms with Gasteiger partial charge in [-0.05, 0) is 66.0 Å². The Labute approximate surface area is 148 Å². The number of nitrogens with zero attached hydrogens (tertiary/aromatic N) is 2. The van der Waals surface area contributed by atoms with Gasteiger partial charge in [-0.2, -0.15) is 5.10 Å². The molecule has 0 bridgehead atoms. The number of amides is 1. The fraction of sp³-hybridized carbons (Fsp3) is 0.353. The molecule has 23 heavy (non-hydrogen) atoms. The molecule has 1 N–H and O–H groups in total. The summed E-state index contributed by atoms with van der Waals surface area (Å²) >= 11 is 2.14. The van der Waals surface area contributed by atoms with Gasteiger partial charge in [0.2, 0.25) is 0 Å². The molecule has 2 aromatic rings. The van der Waals surface area contributed by atoms with Crippen LogP contribution in [0.5, 0.6) is 0 Å². The molecule has 1 aliphatic carbocycles. The van der Waals surface area contributed by atoms with Crippen molar-refractivity contribution >= 4 is 28.5 Å². The van der Waals surface area contributed by atoms with Crippen LogP contribution in [-0.2, 0) is 19.4 Å². The first-order valence-corrected chi connectivity index (χ1v) is 8.85. The first-order valence-electron chi connectivity index (χ1n) is 7.78. The summed E-state index contributed by atoms with van der Waals surface area (Å²) in [6.45, 7) is 0.775. The Morgan fingerprint density at radius 2 is 2.04 bits per heavy atom. The van der Waals surface area contributed by atoms with E-state index in [4.69, 9.17) is 0 Å².